The van der Waals surface area contributed by atoms with Crippen molar-refractivity contribution >= 4 is 85.3 Å². The molecule has 0 bridgehead atoms. The van der Waals surface area contributed by atoms with Crippen LogP contribution in [0.25, 0.3) is 0 Å². The molecule has 0 heterocycles. The second kappa shape index (κ2) is 61.7. The van der Waals surface area contributed by atoms with Crippen LogP contribution in [-0.2, 0) is 85.4 Å². The minimum atomic E-state index is 0. The van der Waals surface area contributed by atoms with Gasteiger partial charge in [-0.3, -0.25) is 0 Å². The van der Waals surface area contributed by atoms with E-state index in [1.165, 1.54) is 205 Å². The van der Waals surface area contributed by atoms with Crippen LogP contribution in [0.3, 0.4) is 0 Å². The SMILES string of the molecule is CCCCCCCCCCN(CCCCCCCCCC)C(=S)S.CCCCCCCCCCN(CCCCCCCCCC)C(=S)S.[S-2].[S-2].[Zn+2].[Zn+2].[Zn+2]. The van der Waals surface area contributed by atoms with Crippen LogP contribution >= 0.6 is 49.7 Å². The normalized spacial score (nSPS) is 9.92. The fourth-order valence-corrected chi connectivity index (χ4v) is 7.12. The first-order valence-corrected chi connectivity index (χ1v) is 23.1. The third kappa shape index (κ3) is 59.4. The van der Waals surface area contributed by atoms with Gasteiger partial charge in [-0.05, 0) is 25.7 Å². The van der Waals surface area contributed by atoms with Gasteiger partial charge in [0.1, 0.15) is 8.64 Å². The summed E-state index contributed by atoms with van der Waals surface area (Å²) in [6, 6.07) is 0. The van der Waals surface area contributed by atoms with E-state index in [9.17, 15) is 0 Å². The van der Waals surface area contributed by atoms with Crippen LogP contribution in [-0.4, -0.2) is 44.6 Å². The van der Waals surface area contributed by atoms with Crippen LogP contribution in [0.5, 0.6) is 0 Å². The standard InChI is InChI=1S/2C21H43NS2.2S.3Zn/c2*1-3-5-7-9-11-13-15-17-19-22(21(23)24)20-18-16-14-12-10-8-6-4-2;;;;;/h2*3-20H2,1-2H3,(H,23,24);;;;;/q;;2*-2;3*+2. The Morgan fingerprint density at radius 1 is 0.302 bits per heavy atom. The molecule has 0 N–H and O–H groups in total. The maximum atomic E-state index is 5.30. The molecular weight excluding hydrogens is 921 g/mol. The molecule has 0 rings (SSSR count). The number of hydrogen-bond acceptors (Lipinski definition) is 2. The quantitative estimate of drug-likeness (QED) is 0.0279. The van der Waals surface area contributed by atoms with Gasteiger partial charge in [-0.15, -0.1) is 25.3 Å². The van der Waals surface area contributed by atoms with Crippen LogP contribution in [0.2, 0.25) is 0 Å². The van der Waals surface area contributed by atoms with Gasteiger partial charge in [0.25, 0.3) is 0 Å². The molecule has 0 aromatic heterocycles. The Bertz CT molecular complexity index is 574. The van der Waals surface area contributed by atoms with Crippen LogP contribution in [0.15, 0.2) is 0 Å². The maximum absolute atomic E-state index is 5.30. The molecule has 0 atom stereocenters. The molecule has 0 aromatic rings. The minimum absolute atomic E-state index is 0. The zero-order chi connectivity index (χ0) is 35.8. The fourth-order valence-electron chi connectivity index (χ4n) is 6.35. The summed E-state index contributed by atoms with van der Waals surface area (Å²) in [6.45, 7) is 13.5. The summed E-state index contributed by atoms with van der Waals surface area (Å²) in [5, 5.41) is 0. The van der Waals surface area contributed by atoms with Gasteiger partial charge >= 0.3 is 58.4 Å². The van der Waals surface area contributed by atoms with Gasteiger partial charge in [-0.25, -0.2) is 0 Å². The first kappa shape index (κ1) is 70.6. The molecule has 53 heavy (non-hydrogen) atoms. The molecule has 0 saturated carbocycles. The molecule has 0 radical (unpaired) electrons. The number of thiocarbonyl (C=S) groups is 2. The van der Waals surface area contributed by atoms with Gasteiger partial charge in [0, 0.05) is 26.2 Å². The Morgan fingerprint density at radius 3 is 0.566 bits per heavy atom. The van der Waals surface area contributed by atoms with E-state index >= 15 is 0 Å². The molecular formula is C42H86N2S6Zn3+2. The van der Waals surface area contributed by atoms with Gasteiger partial charge < -0.3 is 36.8 Å². The second-order valence-electron chi connectivity index (χ2n) is 14.4. The van der Waals surface area contributed by atoms with Gasteiger partial charge in [0.2, 0.25) is 0 Å². The predicted octanol–water partition coefficient (Wildman–Crippen LogP) is 15.6. The molecule has 0 aliphatic rings. The average Bonchev–Trinajstić information content (AvgIpc) is 3.07. The molecule has 304 valence electrons. The van der Waals surface area contributed by atoms with E-state index in [0.717, 1.165) is 34.8 Å². The zero-order valence-corrected chi connectivity index (χ0v) is 50.0. The van der Waals surface area contributed by atoms with Crippen molar-refractivity contribution in [3.63, 3.8) is 0 Å². The maximum Gasteiger partial charge on any atom is 2.00 e. The summed E-state index contributed by atoms with van der Waals surface area (Å²) in [5.41, 5.74) is 0. The fraction of sp³-hybridized carbons (Fsp3) is 0.952. The Labute approximate surface area is 408 Å². The van der Waals surface area contributed by atoms with Crippen molar-refractivity contribution < 1.29 is 58.4 Å². The van der Waals surface area contributed by atoms with Crippen molar-refractivity contribution in [2.45, 2.75) is 233 Å². The summed E-state index contributed by atoms with van der Waals surface area (Å²) in [5.74, 6) is 0. The molecule has 0 unspecified atom stereocenters. The Hall–Kier alpha value is 3.05. The van der Waals surface area contributed by atoms with Crippen LogP contribution in [0.1, 0.15) is 233 Å². The first-order valence-electron chi connectivity index (χ1n) is 21.4. The molecule has 2 nitrogen and oxygen atoms in total. The number of nitrogens with zero attached hydrogens (tertiary/aromatic N) is 2. The number of thiol groups is 2. The zero-order valence-electron chi connectivity index (χ0n) is 36.0. The second-order valence-corrected chi connectivity index (χ2v) is 16.7. The largest absolute Gasteiger partial charge is 2.00 e. The van der Waals surface area contributed by atoms with E-state index in [1.54, 1.807) is 0 Å². The summed E-state index contributed by atoms with van der Waals surface area (Å²) >= 11 is 19.4. The molecule has 0 amide bonds. The monoisotopic (exact) mass is 1000 g/mol. The Morgan fingerprint density at radius 2 is 0.434 bits per heavy atom. The third-order valence-electron chi connectivity index (χ3n) is 9.67. The first-order chi connectivity index (χ1) is 23.4. The van der Waals surface area contributed by atoms with E-state index in [2.05, 4.69) is 62.8 Å². The van der Waals surface area contributed by atoms with Crippen LogP contribution in [0, 0.1) is 0 Å². The van der Waals surface area contributed by atoms with E-state index in [-0.39, 0.29) is 85.4 Å². The van der Waals surface area contributed by atoms with Gasteiger partial charge in [-0.2, -0.15) is 0 Å². The number of hydrogen-bond donors (Lipinski definition) is 2. The van der Waals surface area contributed by atoms with E-state index < -0.39 is 0 Å². The number of rotatable bonds is 36. The molecule has 0 aliphatic carbocycles. The molecule has 0 aromatic carbocycles. The molecule has 0 saturated heterocycles. The van der Waals surface area contributed by atoms with Crippen LogP contribution < -0.4 is 0 Å². The van der Waals surface area contributed by atoms with Crippen molar-refractivity contribution in [2.24, 2.45) is 0 Å². The number of unbranched alkanes of at least 4 members (excludes halogenated alkanes) is 28. The van der Waals surface area contributed by atoms with Crippen molar-refractivity contribution in [1.82, 2.24) is 9.80 Å². The third-order valence-corrected chi connectivity index (χ3v) is 10.7. The Balaban J connectivity index is -0.000000146. The summed E-state index contributed by atoms with van der Waals surface area (Å²) < 4.78 is 1.58. The smallest absolute Gasteiger partial charge is 2.00 e. The summed E-state index contributed by atoms with van der Waals surface area (Å²) in [4.78, 5) is 4.62. The Kier molecular flexibility index (Phi) is 82.2. The summed E-state index contributed by atoms with van der Waals surface area (Å²) in [6.07, 6.45) is 43.9. The van der Waals surface area contributed by atoms with Crippen molar-refractivity contribution in [3.8, 4) is 0 Å². The van der Waals surface area contributed by atoms with E-state index in [1.807, 2.05) is 0 Å². The van der Waals surface area contributed by atoms with Gasteiger partial charge in [0.05, 0.1) is 0 Å². The average molecular weight is 1010 g/mol. The van der Waals surface area contributed by atoms with E-state index in [0.29, 0.717) is 0 Å². The van der Waals surface area contributed by atoms with Crippen molar-refractivity contribution in [2.75, 3.05) is 26.2 Å². The van der Waals surface area contributed by atoms with Crippen molar-refractivity contribution in [1.29, 1.82) is 0 Å². The van der Waals surface area contributed by atoms with Crippen LogP contribution in [0.4, 0.5) is 0 Å². The predicted molar refractivity (Wildman–Crippen MR) is 251 cm³/mol. The molecule has 0 fully saturated rings. The minimum Gasteiger partial charge on any atom is -2.00 e. The molecule has 11 heteroatoms. The van der Waals surface area contributed by atoms with Crippen molar-refractivity contribution in [3.05, 3.63) is 0 Å². The molecule has 0 spiro atoms. The molecule has 0 aliphatic heterocycles. The topological polar surface area (TPSA) is 6.48 Å². The van der Waals surface area contributed by atoms with Gasteiger partial charge in [0.15, 0.2) is 0 Å². The van der Waals surface area contributed by atoms with E-state index in [4.69, 9.17) is 24.4 Å². The summed E-state index contributed by atoms with van der Waals surface area (Å²) in [7, 11) is 0. The van der Waals surface area contributed by atoms with Gasteiger partial charge in [-0.1, -0.05) is 232 Å².